The molecule has 3 aliphatic rings. The van der Waals surface area contributed by atoms with Crippen LogP contribution in [0, 0.1) is 0 Å². The maximum absolute atomic E-state index is 13.1. The van der Waals surface area contributed by atoms with Crippen LogP contribution < -0.4 is 5.43 Å². The molecule has 36 heavy (non-hydrogen) atoms. The highest BCUT2D eigenvalue weighted by molar-refractivity contribution is 6.09. The molecule has 3 atom stereocenters. The Bertz CT molecular complexity index is 1550. The number of phenols is 1. The molecule has 2 aromatic carbocycles. The summed E-state index contributed by atoms with van der Waals surface area (Å²) in [4.78, 5) is 48.2. The lowest BCUT2D eigenvalue weighted by Crippen LogP contribution is -2.38. The zero-order valence-electron chi connectivity index (χ0n) is 18.4. The van der Waals surface area contributed by atoms with Gasteiger partial charge in [-0.15, -0.1) is 0 Å². The number of phenolic OH excluding ortho intramolecular Hbond substituents is 1. The molecule has 2 aromatic rings. The van der Waals surface area contributed by atoms with E-state index in [1.807, 2.05) is 0 Å². The number of carbonyl (C=O) groups is 3. The number of esters is 2. The van der Waals surface area contributed by atoms with E-state index in [0.717, 1.165) is 0 Å². The van der Waals surface area contributed by atoms with E-state index in [1.54, 1.807) is 30.3 Å². The average Bonchev–Trinajstić information content (AvgIpc) is 3.12. The number of fused-ring (bicyclic) bond motifs is 2. The van der Waals surface area contributed by atoms with Crippen LogP contribution in [0.1, 0.15) is 10.4 Å². The lowest BCUT2D eigenvalue weighted by molar-refractivity contribution is -0.151. The summed E-state index contributed by atoms with van der Waals surface area (Å²) in [5, 5.41) is 30.1. The molecule has 1 fully saturated rings. The molecular formula is C26H18O10. The molecule has 3 unspecified atom stereocenters. The van der Waals surface area contributed by atoms with Crippen molar-refractivity contribution < 1.29 is 43.6 Å². The van der Waals surface area contributed by atoms with Crippen molar-refractivity contribution in [1.29, 1.82) is 0 Å². The Kier molecular flexibility index (Phi) is 5.75. The van der Waals surface area contributed by atoms with Gasteiger partial charge in [-0.2, -0.15) is 0 Å². The molecule has 0 spiro atoms. The van der Waals surface area contributed by atoms with Crippen LogP contribution in [-0.4, -0.2) is 58.0 Å². The second kappa shape index (κ2) is 8.91. The Morgan fingerprint density at radius 1 is 1.00 bits per heavy atom. The molecule has 3 N–H and O–H groups in total. The van der Waals surface area contributed by atoms with Gasteiger partial charge in [-0.3, -0.25) is 9.59 Å². The highest BCUT2D eigenvalue weighted by Gasteiger charge is 2.46. The van der Waals surface area contributed by atoms with Crippen LogP contribution in [0.15, 0.2) is 69.9 Å². The summed E-state index contributed by atoms with van der Waals surface area (Å²) in [5.74, 6) is -2.85. The number of Topliss-reactive ketones (excluding diaryl/α,β-unsaturated/α-hetero) is 1. The van der Waals surface area contributed by atoms with Gasteiger partial charge in [0.1, 0.15) is 29.8 Å². The summed E-state index contributed by atoms with van der Waals surface area (Å²) in [6.07, 6.45) is -5.31. The fraction of sp³-hybridized carbons (Fsp3) is 0.154. The molecule has 2 heterocycles. The Balaban J connectivity index is 1.53. The molecular weight excluding hydrogens is 472 g/mol. The van der Waals surface area contributed by atoms with Crippen LogP contribution in [0.25, 0.3) is 33.4 Å². The third kappa shape index (κ3) is 3.98. The first-order valence-electron chi connectivity index (χ1n) is 10.8. The Hall–Kier alpha value is -4.54. The minimum absolute atomic E-state index is 0.0520. The van der Waals surface area contributed by atoms with Crippen LogP contribution in [0.2, 0.25) is 0 Å². The molecule has 0 bridgehead atoms. The van der Waals surface area contributed by atoms with E-state index in [4.69, 9.17) is 9.15 Å². The van der Waals surface area contributed by atoms with Gasteiger partial charge in [-0.1, -0.05) is 18.2 Å². The SMILES string of the molecule is O=C(OCC(O)C1OC(=O)C(O)C1=O)c1ccccc1-c1c2ccc(=O)cc-2oc2cc(O)ccc12. The number of ether oxygens (including phenoxy) is 2. The summed E-state index contributed by atoms with van der Waals surface area (Å²) in [6.45, 7) is -0.678. The van der Waals surface area contributed by atoms with Gasteiger partial charge in [-0.05, 0) is 35.9 Å². The van der Waals surface area contributed by atoms with Gasteiger partial charge < -0.3 is 29.2 Å². The first kappa shape index (κ1) is 23.2. The number of rotatable bonds is 5. The van der Waals surface area contributed by atoms with Crippen LogP contribution >= 0.6 is 0 Å². The minimum Gasteiger partial charge on any atom is -0.508 e. The number of ketones is 1. The van der Waals surface area contributed by atoms with Gasteiger partial charge >= 0.3 is 11.9 Å². The van der Waals surface area contributed by atoms with Crippen LogP contribution in [0.5, 0.6) is 5.75 Å². The zero-order valence-corrected chi connectivity index (χ0v) is 18.4. The van der Waals surface area contributed by atoms with Gasteiger partial charge in [0.05, 0.1) is 5.56 Å². The lowest BCUT2D eigenvalue weighted by atomic mass is 9.91. The van der Waals surface area contributed by atoms with Crippen molar-refractivity contribution in [2.24, 2.45) is 0 Å². The lowest BCUT2D eigenvalue weighted by Gasteiger charge is -2.18. The molecule has 10 nitrogen and oxygen atoms in total. The Morgan fingerprint density at radius 3 is 2.53 bits per heavy atom. The maximum Gasteiger partial charge on any atom is 0.343 e. The summed E-state index contributed by atoms with van der Waals surface area (Å²) in [5.41, 5.74) is 1.60. The number of aliphatic hydroxyl groups excluding tert-OH is 2. The fourth-order valence-electron chi connectivity index (χ4n) is 4.14. The quantitative estimate of drug-likeness (QED) is 0.213. The van der Waals surface area contributed by atoms with Gasteiger partial charge in [0, 0.05) is 28.6 Å². The van der Waals surface area contributed by atoms with E-state index in [9.17, 15) is 34.5 Å². The maximum atomic E-state index is 13.1. The van der Waals surface area contributed by atoms with E-state index in [2.05, 4.69) is 4.74 Å². The third-order valence-corrected chi connectivity index (χ3v) is 5.84. The monoisotopic (exact) mass is 490 g/mol. The summed E-state index contributed by atoms with van der Waals surface area (Å²) >= 11 is 0. The first-order valence-corrected chi connectivity index (χ1v) is 10.8. The summed E-state index contributed by atoms with van der Waals surface area (Å²) < 4.78 is 15.7. The molecule has 2 aliphatic heterocycles. The van der Waals surface area contributed by atoms with Gasteiger partial charge in [0.2, 0.25) is 11.9 Å². The average molecular weight is 490 g/mol. The molecule has 0 radical (unpaired) electrons. The second-order valence-electron chi connectivity index (χ2n) is 8.19. The van der Waals surface area contributed by atoms with Crippen molar-refractivity contribution >= 4 is 28.7 Å². The molecule has 10 heteroatoms. The molecule has 182 valence electrons. The van der Waals surface area contributed by atoms with Gasteiger partial charge in [0.15, 0.2) is 11.5 Å². The molecule has 0 amide bonds. The smallest absolute Gasteiger partial charge is 0.343 e. The highest BCUT2D eigenvalue weighted by Crippen LogP contribution is 2.41. The van der Waals surface area contributed by atoms with Gasteiger partial charge in [0.25, 0.3) is 0 Å². The second-order valence-corrected chi connectivity index (χ2v) is 8.19. The predicted molar refractivity (Wildman–Crippen MR) is 123 cm³/mol. The van der Waals surface area contributed by atoms with Crippen molar-refractivity contribution in [3.05, 3.63) is 76.5 Å². The zero-order chi connectivity index (χ0) is 25.6. The summed E-state index contributed by atoms with van der Waals surface area (Å²) in [6, 6.07) is 15.2. The van der Waals surface area contributed by atoms with Crippen molar-refractivity contribution in [1.82, 2.24) is 0 Å². The largest absolute Gasteiger partial charge is 0.508 e. The Labute approximate surface area is 202 Å². The van der Waals surface area contributed by atoms with Crippen molar-refractivity contribution in [2.75, 3.05) is 6.61 Å². The standard InChI is InChI=1S/C26H18O10/c27-12-5-7-16-19(9-12)35-20-10-13(28)6-8-17(20)21(16)14-3-1-2-4-15(14)25(32)34-11-18(29)24-22(30)23(31)26(33)36-24/h1-10,18,23-24,27,29,31H,11H2. The number of carbonyl (C=O) groups excluding carboxylic acids is 3. The number of hydrogen-bond donors (Lipinski definition) is 3. The molecule has 0 saturated carbocycles. The van der Waals surface area contributed by atoms with Crippen molar-refractivity contribution in [3.8, 4) is 28.2 Å². The molecule has 1 aliphatic carbocycles. The third-order valence-electron chi connectivity index (χ3n) is 5.84. The number of aromatic hydroxyl groups is 1. The van der Waals surface area contributed by atoms with E-state index in [-0.39, 0.29) is 28.1 Å². The fourth-order valence-corrected chi connectivity index (χ4v) is 4.14. The van der Waals surface area contributed by atoms with Crippen LogP contribution in [0.4, 0.5) is 0 Å². The van der Waals surface area contributed by atoms with E-state index in [1.165, 1.54) is 30.3 Å². The molecule has 5 rings (SSSR count). The predicted octanol–water partition coefficient (Wildman–Crippen LogP) is 1.64. The highest BCUT2D eigenvalue weighted by atomic mass is 16.6. The van der Waals surface area contributed by atoms with E-state index in [0.29, 0.717) is 22.1 Å². The number of benzene rings is 3. The van der Waals surface area contributed by atoms with E-state index < -0.39 is 42.6 Å². The number of aliphatic hydroxyl groups is 2. The van der Waals surface area contributed by atoms with Crippen LogP contribution in [-0.2, 0) is 19.1 Å². The van der Waals surface area contributed by atoms with Crippen molar-refractivity contribution in [2.45, 2.75) is 18.3 Å². The normalized spacial score (nSPS) is 18.4. The Morgan fingerprint density at radius 2 is 1.78 bits per heavy atom. The number of cyclic esters (lactones) is 1. The van der Waals surface area contributed by atoms with Crippen molar-refractivity contribution in [3.63, 3.8) is 0 Å². The molecule has 1 saturated heterocycles. The number of hydrogen-bond acceptors (Lipinski definition) is 10. The van der Waals surface area contributed by atoms with Crippen LogP contribution in [0.3, 0.4) is 0 Å². The van der Waals surface area contributed by atoms with Gasteiger partial charge in [-0.25, -0.2) is 9.59 Å². The molecule has 0 aromatic heterocycles. The van der Waals surface area contributed by atoms with E-state index >= 15 is 0 Å². The first-order chi connectivity index (χ1) is 17.2. The topological polar surface area (TPSA) is 161 Å². The minimum atomic E-state index is -1.99. The summed E-state index contributed by atoms with van der Waals surface area (Å²) in [7, 11) is 0.